The molecule has 0 radical (unpaired) electrons. The minimum Gasteiger partial charge on any atom is -1.00 e. The lowest BCUT2D eigenvalue weighted by Crippen LogP contribution is -3.00. The molecule has 0 atom stereocenters. The molecule has 0 unspecified atom stereocenters. The molecule has 2 heteroatoms. The van der Waals surface area contributed by atoms with E-state index in [0.29, 0.717) is 0 Å². The number of hydrogen-bond acceptors (Lipinski definition) is 0. The molecule has 0 fully saturated rings. The third-order valence-corrected chi connectivity index (χ3v) is 1.97. The Balaban J connectivity index is 0.00000121. The van der Waals surface area contributed by atoms with Crippen LogP contribution in [0.2, 0.25) is 0 Å². The van der Waals surface area contributed by atoms with E-state index in [-0.39, 0.29) is 17.0 Å². The molecule has 66 valence electrons. The van der Waals surface area contributed by atoms with Crippen molar-refractivity contribution in [1.82, 2.24) is 0 Å². The summed E-state index contributed by atoms with van der Waals surface area (Å²) in [6.45, 7) is 0. The van der Waals surface area contributed by atoms with Crippen molar-refractivity contribution >= 4 is 17.8 Å². The highest BCUT2D eigenvalue weighted by atomic mass is 79.9. The third kappa shape index (κ3) is 4.62. The molecule has 0 saturated heterocycles. The fourth-order valence-electron chi connectivity index (χ4n) is 0.858. The van der Waals surface area contributed by atoms with Gasteiger partial charge < -0.3 is 17.0 Å². The summed E-state index contributed by atoms with van der Waals surface area (Å²) in [5.41, 5.74) is 1.29. The van der Waals surface area contributed by atoms with E-state index in [0.717, 1.165) is 5.75 Å². The minimum absolute atomic E-state index is 0. The molecule has 1 aromatic carbocycles. The Kier molecular flexibility index (Phi) is 7.31. The maximum Gasteiger partial charge on any atom is 0.124 e. The van der Waals surface area contributed by atoms with Gasteiger partial charge in [-0.05, 0) is 23.4 Å². The van der Waals surface area contributed by atoms with Gasteiger partial charge in [-0.1, -0.05) is 36.4 Å². The number of thiol groups is 1. The highest BCUT2D eigenvalue weighted by molar-refractivity contribution is 7.77. The molecule has 0 heterocycles. The first-order chi connectivity index (χ1) is 5.43. The van der Waals surface area contributed by atoms with E-state index >= 15 is 0 Å². The van der Waals surface area contributed by atoms with E-state index in [2.05, 4.69) is 42.7 Å². The Hall–Kier alpha value is -0.210. The van der Waals surface area contributed by atoms with Crippen LogP contribution in [0.3, 0.4) is 0 Å². The van der Waals surface area contributed by atoms with Crippen LogP contribution < -0.4 is 17.0 Å². The van der Waals surface area contributed by atoms with Gasteiger partial charge in [0.2, 0.25) is 0 Å². The Morgan fingerprint density at radius 3 is 2.50 bits per heavy atom. The number of halogens is 1. The average Bonchev–Trinajstić information content (AvgIpc) is 2.07. The van der Waals surface area contributed by atoms with Crippen LogP contribution in [-0.2, 0) is 11.8 Å². The lowest BCUT2D eigenvalue weighted by molar-refractivity contribution is -0.00000218. The smallest absolute Gasteiger partial charge is 0.124 e. The van der Waals surface area contributed by atoms with Crippen LogP contribution in [0, 0.1) is 0 Å². The number of rotatable bonds is 3. The predicted molar refractivity (Wildman–Crippen MR) is 55.0 cm³/mol. The van der Waals surface area contributed by atoms with Crippen molar-refractivity contribution in [3.05, 3.63) is 42.0 Å². The normalized spacial score (nSPS) is 9.75. The molecule has 0 aliphatic rings. The van der Waals surface area contributed by atoms with Gasteiger partial charge in [0, 0.05) is 0 Å². The molecular weight excluding hydrogens is 232 g/mol. The van der Waals surface area contributed by atoms with Crippen molar-refractivity contribution in [2.24, 2.45) is 0 Å². The van der Waals surface area contributed by atoms with Crippen LogP contribution >= 0.6 is 0 Å². The van der Waals surface area contributed by atoms with Gasteiger partial charge in [0.15, 0.2) is 0 Å². The van der Waals surface area contributed by atoms with Gasteiger partial charge in [-0.25, -0.2) is 0 Å². The molecule has 12 heavy (non-hydrogen) atoms. The Bertz CT molecular complexity index is 219. The van der Waals surface area contributed by atoms with Crippen LogP contribution in [-0.4, -0.2) is 12.0 Å². The first-order valence-corrected chi connectivity index (χ1v) is 5.23. The highest BCUT2D eigenvalue weighted by Gasteiger charge is 1.83. The largest absolute Gasteiger partial charge is 1.00 e. The first kappa shape index (κ1) is 11.8. The minimum atomic E-state index is 0. The second kappa shape index (κ2) is 7.44. The average molecular weight is 245 g/mol. The molecule has 1 aromatic rings. The van der Waals surface area contributed by atoms with Gasteiger partial charge in [-0.15, -0.1) is 0 Å². The molecule has 0 saturated carbocycles. The third-order valence-electron chi connectivity index (χ3n) is 1.40. The molecule has 0 aliphatic heterocycles. The van der Waals surface area contributed by atoms with Crippen LogP contribution in [0.15, 0.2) is 36.4 Å². The van der Waals surface area contributed by atoms with E-state index < -0.39 is 0 Å². The SMILES string of the molecule is C[SH+]C/C=C/c1ccccc1.[Br-]. The summed E-state index contributed by atoms with van der Waals surface area (Å²) < 4.78 is 0. The molecule has 1 rings (SSSR count). The second-order valence-electron chi connectivity index (χ2n) is 2.31. The molecule has 0 aliphatic carbocycles. The van der Waals surface area contributed by atoms with Gasteiger partial charge in [-0.3, -0.25) is 0 Å². The van der Waals surface area contributed by atoms with Gasteiger partial charge in [0.25, 0.3) is 0 Å². The highest BCUT2D eigenvalue weighted by Crippen LogP contribution is 2.00. The molecule has 0 amide bonds. The summed E-state index contributed by atoms with van der Waals surface area (Å²) in [7, 11) is 0. The van der Waals surface area contributed by atoms with Crippen LogP contribution in [0.25, 0.3) is 6.08 Å². The molecule has 0 bridgehead atoms. The van der Waals surface area contributed by atoms with Gasteiger partial charge in [0.05, 0.1) is 6.26 Å². The zero-order valence-electron chi connectivity index (χ0n) is 7.07. The van der Waals surface area contributed by atoms with Crippen molar-refractivity contribution in [2.45, 2.75) is 0 Å². The fraction of sp³-hybridized carbons (Fsp3) is 0.200. The standard InChI is InChI=1S/C10H12S.BrH/c1-11-9-5-8-10-6-3-2-4-7-10;/h2-8H,9H2,1H3;1H/b8-5+;. The summed E-state index contributed by atoms with van der Waals surface area (Å²) in [6.07, 6.45) is 6.53. The summed E-state index contributed by atoms with van der Waals surface area (Å²) >= 11 is 1.43. The van der Waals surface area contributed by atoms with Crippen molar-refractivity contribution < 1.29 is 17.0 Å². The Morgan fingerprint density at radius 1 is 1.25 bits per heavy atom. The molecule has 0 aromatic heterocycles. The van der Waals surface area contributed by atoms with Crippen molar-refractivity contribution in [3.63, 3.8) is 0 Å². The summed E-state index contributed by atoms with van der Waals surface area (Å²) in [6, 6.07) is 10.4. The maximum atomic E-state index is 2.21. The zero-order chi connectivity index (χ0) is 7.94. The molecule has 0 nitrogen and oxygen atoms in total. The zero-order valence-corrected chi connectivity index (χ0v) is 9.55. The number of benzene rings is 1. The number of hydrogen-bond donors (Lipinski definition) is 0. The van der Waals surface area contributed by atoms with E-state index in [1.807, 2.05) is 6.07 Å². The molecule has 0 N–H and O–H groups in total. The molecule has 0 spiro atoms. The van der Waals surface area contributed by atoms with E-state index in [1.165, 1.54) is 17.3 Å². The van der Waals surface area contributed by atoms with E-state index in [1.54, 1.807) is 0 Å². The summed E-state index contributed by atoms with van der Waals surface area (Å²) in [4.78, 5) is 0. The summed E-state index contributed by atoms with van der Waals surface area (Å²) in [5.74, 6) is 1.15. The van der Waals surface area contributed by atoms with E-state index in [4.69, 9.17) is 0 Å². The maximum absolute atomic E-state index is 2.21. The molecular formula is C10H13BrS. The topological polar surface area (TPSA) is 0 Å². The summed E-state index contributed by atoms with van der Waals surface area (Å²) in [5, 5.41) is 0. The van der Waals surface area contributed by atoms with E-state index in [9.17, 15) is 0 Å². The van der Waals surface area contributed by atoms with Gasteiger partial charge in [0.1, 0.15) is 5.75 Å². The monoisotopic (exact) mass is 244 g/mol. The quantitative estimate of drug-likeness (QED) is 0.480. The van der Waals surface area contributed by atoms with Crippen molar-refractivity contribution in [1.29, 1.82) is 0 Å². The van der Waals surface area contributed by atoms with Crippen LogP contribution in [0.1, 0.15) is 5.56 Å². The van der Waals surface area contributed by atoms with Crippen molar-refractivity contribution in [3.8, 4) is 0 Å². The Labute approximate surface area is 88.8 Å². The van der Waals surface area contributed by atoms with Crippen LogP contribution in [0.5, 0.6) is 0 Å². The second-order valence-corrected chi connectivity index (χ2v) is 3.31. The predicted octanol–water partition coefficient (Wildman–Crippen LogP) is -0.852. The Morgan fingerprint density at radius 2 is 1.92 bits per heavy atom. The van der Waals surface area contributed by atoms with Gasteiger partial charge >= 0.3 is 0 Å². The first-order valence-electron chi connectivity index (χ1n) is 3.70. The lowest BCUT2D eigenvalue weighted by atomic mass is 10.2. The van der Waals surface area contributed by atoms with Crippen molar-refractivity contribution in [2.75, 3.05) is 12.0 Å². The lowest BCUT2D eigenvalue weighted by Gasteiger charge is -1.88. The fourth-order valence-corrected chi connectivity index (χ4v) is 1.17. The van der Waals surface area contributed by atoms with Gasteiger partial charge in [-0.2, -0.15) is 0 Å². The van der Waals surface area contributed by atoms with Crippen LogP contribution in [0.4, 0.5) is 0 Å².